The molecule has 11 heteroatoms. The van der Waals surface area contributed by atoms with Crippen LogP contribution < -0.4 is 10.1 Å². The number of amides is 4. The molecule has 2 N–H and O–H groups in total. The van der Waals surface area contributed by atoms with Gasteiger partial charge in [0.05, 0.1) is 11.6 Å². The van der Waals surface area contributed by atoms with Crippen molar-refractivity contribution in [2.24, 2.45) is 5.41 Å². The normalized spacial score (nSPS) is 18.7. The lowest BCUT2D eigenvalue weighted by atomic mass is 9.72. The number of likely N-dealkylation sites (tertiary alicyclic amines) is 1. The van der Waals surface area contributed by atoms with E-state index in [-0.39, 0.29) is 18.6 Å². The third-order valence-electron chi connectivity index (χ3n) is 8.81. The number of nitrogens with one attached hydrogen (secondary N) is 1. The molecule has 2 atom stereocenters. The van der Waals surface area contributed by atoms with Crippen molar-refractivity contribution < 1.29 is 33.8 Å². The molecule has 4 rings (SSSR count). The molecule has 0 bridgehead atoms. The summed E-state index contributed by atoms with van der Waals surface area (Å²) in [7, 11) is 0. The topological polar surface area (TPSA) is 129 Å². The highest BCUT2D eigenvalue weighted by Gasteiger charge is 2.63. The summed E-state index contributed by atoms with van der Waals surface area (Å²) in [6.45, 7) is 10.7. The van der Waals surface area contributed by atoms with Gasteiger partial charge in [-0.2, -0.15) is 0 Å². The predicted octanol–water partition coefficient (Wildman–Crippen LogP) is 5.05. The van der Waals surface area contributed by atoms with E-state index in [1.807, 2.05) is 45.0 Å². The minimum atomic E-state index is -0.919. The van der Waals surface area contributed by atoms with E-state index in [0.717, 1.165) is 24.0 Å². The largest absolute Gasteiger partial charge is 0.469 e. The number of urea groups is 1. The van der Waals surface area contributed by atoms with Crippen molar-refractivity contribution in [3.63, 3.8) is 0 Å². The third kappa shape index (κ3) is 7.15. The monoisotopic (exact) mass is 608 g/mol. The molecule has 2 aromatic rings. The van der Waals surface area contributed by atoms with Crippen LogP contribution in [0, 0.1) is 12.3 Å². The average molecular weight is 609 g/mol. The number of carbonyl (C=O) groups excluding carboxylic acids is 3. The van der Waals surface area contributed by atoms with Gasteiger partial charge < -0.3 is 24.8 Å². The maximum atomic E-state index is 13.5. The minimum Gasteiger partial charge on any atom is -0.469 e. The Morgan fingerprint density at radius 1 is 0.977 bits per heavy atom. The Hall–Kier alpha value is -4.12. The number of nitrogens with zero attached hydrogens (tertiary/aromatic N) is 3. The predicted molar refractivity (Wildman–Crippen MR) is 164 cm³/mol. The number of aryl methyl sites for hydroxylation is 1. The smallest absolute Gasteiger partial charge is 0.407 e. The van der Waals surface area contributed by atoms with Gasteiger partial charge in [0.25, 0.3) is 0 Å². The molecule has 4 amide bonds. The van der Waals surface area contributed by atoms with E-state index >= 15 is 0 Å². The number of carbonyl (C=O) groups is 4. The van der Waals surface area contributed by atoms with Crippen LogP contribution in [0.1, 0.15) is 74.0 Å². The molecule has 2 fully saturated rings. The Morgan fingerprint density at radius 3 is 2.18 bits per heavy atom. The van der Waals surface area contributed by atoms with Crippen LogP contribution in [0.2, 0.25) is 0 Å². The molecule has 44 heavy (non-hydrogen) atoms. The van der Waals surface area contributed by atoms with Crippen LogP contribution in [0.25, 0.3) is 0 Å². The van der Waals surface area contributed by atoms with Gasteiger partial charge in [0.1, 0.15) is 17.8 Å². The molecule has 0 aliphatic carbocycles. The van der Waals surface area contributed by atoms with Crippen molar-refractivity contribution in [3.05, 3.63) is 65.2 Å². The van der Waals surface area contributed by atoms with Crippen molar-refractivity contribution in [3.8, 4) is 5.75 Å². The van der Waals surface area contributed by atoms with E-state index in [2.05, 4.69) is 17.1 Å². The van der Waals surface area contributed by atoms with Gasteiger partial charge in [-0.3, -0.25) is 9.69 Å². The first kappa shape index (κ1) is 32.8. The summed E-state index contributed by atoms with van der Waals surface area (Å²) >= 11 is 0. The Kier molecular flexibility index (Phi) is 10.9. The maximum absolute atomic E-state index is 13.5. The quantitative estimate of drug-likeness (QED) is 0.253. The standard InChI is InChI=1S/C33H44N4O7/c1-5-8-27(24-11-9-23(4)10-12-24)34-31(40)37-29(39)33(6-2,7-3)30(37)44-26-15-13-25(14-16-26)28(38)43-22-21-35-17-19-36(20-18-35)32(41)42/h9-16,27,30H,5-8,17-22H2,1-4H3,(H,34,40)(H,41,42). The Balaban J connectivity index is 1.37. The third-order valence-corrected chi connectivity index (χ3v) is 8.81. The fourth-order valence-corrected chi connectivity index (χ4v) is 5.84. The Bertz CT molecular complexity index is 1300. The maximum Gasteiger partial charge on any atom is 0.407 e. The highest BCUT2D eigenvalue weighted by molar-refractivity contribution is 6.03. The summed E-state index contributed by atoms with van der Waals surface area (Å²) in [5, 5.41) is 12.1. The zero-order valence-electron chi connectivity index (χ0n) is 26.1. The number of imide groups is 1. The van der Waals surface area contributed by atoms with Gasteiger partial charge in [-0.1, -0.05) is 57.0 Å². The molecule has 238 valence electrons. The number of hydrogen-bond donors (Lipinski definition) is 2. The first-order valence-corrected chi connectivity index (χ1v) is 15.5. The van der Waals surface area contributed by atoms with Crippen LogP contribution in [0.5, 0.6) is 5.75 Å². The van der Waals surface area contributed by atoms with Gasteiger partial charge in [-0.15, -0.1) is 0 Å². The lowest BCUT2D eigenvalue weighted by molar-refractivity contribution is -0.191. The van der Waals surface area contributed by atoms with Crippen LogP contribution in [0.15, 0.2) is 48.5 Å². The van der Waals surface area contributed by atoms with E-state index in [4.69, 9.17) is 14.6 Å². The second-order valence-corrected chi connectivity index (χ2v) is 11.5. The number of rotatable bonds is 12. The average Bonchev–Trinajstić information content (AvgIpc) is 3.02. The molecular formula is C33H44N4O7. The summed E-state index contributed by atoms with van der Waals surface area (Å²) in [5.74, 6) is -0.299. The second kappa shape index (κ2) is 14.6. The van der Waals surface area contributed by atoms with Gasteiger partial charge >= 0.3 is 18.1 Å². The summed E-state index contributed by atoms with van der Waals surface area (Å²) in [6.07, 6.45) is 0.917. The molecule has 0 radical (unpaired) electrons. The van der Waals surface area contributed by atoms with Crippen molar-refractivity contribution in [2.45, 2.75) is 65.6 Å². The summed E-state index contributed by atoms with van der Waals surface area (Å²) in [5.41, 5.74) is 1.64. The molecule has 2 saturated heterocycles. The fraction of sp³-hybridized carbons (Fsp3) is 0.515. The number of carboxylic acid groups (broad SMARTS) is 1. The van der Waals surface area contributed by atoms with Gasteiger partial charge in [0, 0.05) is 32.7 Å². The summed E-state index contributed by atoms with van der Waals surface area (Å²) in [4.78, 5) is 55.2. The van der Waals surface area contributed by atoms with Crippen LogP contribution in [-0.2, 0) is 9.53 Å². The number of hydrogen-bond acceptors (Lipinski definition) is 7. The highest BCUT2D eigenvalue weighted by atomic mass is 16.5. The van der Waals surface area contributed by atoms with E-state index in [1.54, 1.807) is 24.3 Å². The Labute approximate surface area is 259 Å². The van der Waals surface area contributed by atoms with Gasteiger partial charge in [-0.05, 0) is 56.0 Å². The zero-order valence-corrected chi connectivity index (χ0v) is 26.1. The van der Waals surface area contributed by atoms with Crippen LogP contribution in [0.4, 0.5) is 9.59 Å². The van der Waals surface area contributed by atoms with Gasteiger partial charge in [-0.25, -0.2) is 19.3 Å². The van der Waals surface area contributed by atoms with E-state index in [0.29, 0.717) is 56.9 Å². The van der Waals surface area contributed by atoms with Crippen molar-refractivity contribution >= 4 is 24.0 Å². The van der Waals surface area contributed by atoms with Crippen molar-refractivity contribution in [2.75, 3.05) is 39.3 Å². The van der Waals surface area contributed by atoms with Crippen LogP contribution in [0.3, 0.4) is 0 Å². The SMILES string of the molecule is CCCC(NC(=O)N1C(=O)C(CC)(CC)C1Oc1ccc(C(=O)OCCN2CCN(C(=O)O)CC2)cc1)c1ccc(C)cc1. The molecule has 2 unspecified atom stereocenters. The minimum absolute atomic E-state index is 0.190. The Morgan fingerprint density at radius 2 is 1.61 bits per heavy atom. The number of benzene rings is 2. The van der Waals surface area contributed by atoms with Crippen molar-refractivity contribution in [1.82, 2.24) is 20.0 Å². The van der Waals surface area contributed by atoms with E-state index < -0.39 is 29.7 Å². The molecule has 2 aliphatic heterocycles. The number of piperazine rings is 1. The number of β-lactam (4-membered cyclic amide) rings is 1. The molecular weight excluding hydrogens is 564 g/mol. The zero-order chi connectivity index (χ0) is 31.9. The van der Waals surface area contributed by atoms with Crippen LogP contribution >= 0.6 is 0 Å². The molecule has 0 aromatic heterocycles. The summed E-state index contributed by atoms with van der Waals surface area (Å²) < 4.78 is 11.7. The lowest BCUT2D eigenvalue weighted by Gasteiger charge is -2.53. The number of esters is 1. The second-order valence-electron chi connectivity index (χ2n) is 11.5. The van der Waals surface area contributed by atoms with Gasteiger partial charge in [0.2, 0.25) is 5.91 Å². The molecule has 2 aromatic carbocycles. The molecule has 0 spiro atoms. The first-order chi connectivity index (χ1) is 21.1. The van der Waals surface area contributed by atoms with E-state index in [9.17, 15) is 19.2 Å². The van der Waals surface area contributed by atoms with Crippen LogP contribution in [-0.4, -0.2) is 89.4 Å². The fourth-order valence-electron chi connectivity index (χ4n) is 5.84. The highest BCUT2D eigenvalue weighted by Crippen LogP contribution is 2.46. The summed E-state index contributed by atoms with van der Waals surface area (Å²) in [6, 6.07) is 13.8. The van der Waals surface area contributed by atoms with E-state index in [1.165, 1.54) is 9.80 Å². The van der Waals surface area contributed by atoms with Gasteiger partial charge in [0.15, 0.2) is 6.23 Å². The lowest BCUT2D eigenvalue weighted by Crippen LogP contribution is -2.73. The first-order valence-electron chi connectivity index (χ1n) is 15.5. The molecule has 0 saturated carbocycles. The number of ether oxygens (including phenoxy) is 2. The molecule has 2 heterocycles. The van der Waals surface area contributed by atoms with Crippen molar-refractivity contribution in [1.29, 1.82) is 0 Å². The molecule has 2 aliphatic rings. The molecule has 11 nitrogen and oxygen atoms in total.